The lowest BCUT2D eigenvalue weighted by Gasteiger charge is -2.23. The van der Waals surface area contributed by atoms with Gasteiger partial charge in [0.15, 0.2) is 5.13 Å². The highest BCUT2D eigenvalue weighted by Crippen LogP contribution is 2.44. The topological polar surface area (TPSA) is 106 Å². The number of esters is 1. The van der Waals surface area contributed by atoms with Gasteiger partial charge in [0.05, 0.1) is 31.0 Å². The van der Waals surface area contributed by atoms with Crippen molar-refractivity contribution in [3.05, 3.63) is 81.9 Å². The molecule has 1 amide bonds. The Morgan fingerprint density at radius 3 is 2.43 bits per heavy atom. The molecule has 0 unspecified atom stereocenters. The lowest BCUT2D eigenvalue weighted by atomic mass is 9.95. The highest BCUT2D eigenvalue weighted by molar-refractivity contribution is 7.17. The molecule has 1 fully saturated rings. The number of carbonyl (C=O) groups excluding carboxylic acids is 3. The van der Waals surface area contributed by atoms with Crippen LogP contribution in [0.1, 0.15) is 45.9 Å². The molecule has 0 spiro atoms. The van der Waals surface area contributed by atoms with E-state index in [2.05, 4.69) is 4.98 Å². The zero-order valence-electron chi connectivity index (χ0n) is 19.5. The third-order valence-corrected chi connectivity index (χ3v) is 6.66. The van der Waals surface area contributed by atoms with Crippen LogP contribution in [0.5, 0.6) is 5.75 Å². The van der Waals surface area contributed by atoms with Crippen LogP contribution < -0.4 is 9.64 Å². The van der Waals surface area contributed by atoms with E-state index in [0.717, 1.165) is 17.8 Å². The number of thiazole rings is 1. The number of aliphatic hydroxyl groups excluding tert-OH is 1. The van der Waals surface area contributed by atoms with Gasteiger partial charge in [-0.1, -0.05) is 60.7 Å². The summed E-state index contributed by atoms with van der Waals surface area (Å²) in [4.78, 5) is 44.5. The fraction of sp³-hybridized carbons (Fsp3) is 0.231. The molecule has 4 rings (SSSR count). The van der Waals surface area contributed by atoms with E-state index in [1.807, 2.05) is 6.92 Å². The molecule has 0 aliphatic carbocycles. The molecule has 1 saturated heterocycles. The molecule has 2 aromatic carbocycles. The van der Waals surface area contributed by atoms with Gasteiger partial charge in [0, 0.05) is 5.56 Å². The number of Topliss-reactive ketones (excluding diaryl/α,β-unsaturated/α-hetero) is 1. The summed E-state index contributed by atoms with van der Waals surface area (Å²) in [5, 5.41) is 11.3. The van der Waals surface area contributed by atoms with Crippen molar-refractivity contribution in [2.75, 3.05) is 18.6 Å². The second-order valence-corrected chi connectivity index (χ2v) is 8.83. The second kappa shape index (κ2) is 10.1. The van der Waals surface area contributed by atoms with E-state index in [0.29, 0.717) is 29.2 Å². The highest BCUT2D eigenvalue weighted by Gasteiger charge is 2.48. The number of aliphatic hydroxyl groups is 1. The number of hydrogen-bond acceptors (Lipinski definition) is 8. The number of aromatic nitrogens is 1. The summed E-state index contributed by atoms with van der Waals surface area (Å²) in [6, 6.07) is 14.6. The minimum Gasteiger partial charge on any atom is -0.507 e. The van der Waals surface area contributed by atoms with Crippen molar-refractivity contribution in [2.45, 2.75) is 26.3 Å². The van der Waals surface area contributed by atoms with Gasteiger partial charge in [-0.2, -0.15) is 0 Å². The lowest BCUT2D eigenvalue weighted by Crippen LogP contribution is -2.29. The molecule has 0 radical (unpaired) electrons. The maximum Gasteiger partial charge on any atom is 0.350 e. The molecule has 3 aromatic rings. The maximum absolute atomic E-state index is 13.3. The summed E-state index contributed by atoms with van der Waals surface area (Å²) in [6.07, 6.45) is 0.852. The molecular weight excluding hydrogens is 468 g/mol. The standard InChI is InChI=1S/C26H24N2O6S/c1-4-14-34-18-12-10-16(11-13-18)20-19(21(29)17-8-6-5-7-9-17)22(30)24(31)28(20)26-27-15(2)23(35-26)25(32)33-3/h5-13,20,29H,4,14H2,1-3H3/b21-19+/t20-/m0/s1. The van der Waals surface area contributed by atoms with Crippen LogP contribution >= 0.6 is 11.3 Å². The Morgan fingerprint density at radius 1 is 1.11 bits per heavy atom. The first-order valence-corrected chi connectivity index (χ1v) is 11.8. The molecule has 1 N–H and O–H groups in total. The Balaban J connectivity index is 1.87. The summed E-state index contributed by atoms with van der Waals surface area (Å²) in [7, 11) is 1.26. The van der Waals surface area contributed by atoms with Gasteiger partial charge < -0.3 is 14.6 Å². The smallest absolute Gasteiger partial charge is 0.350 e. The number of rotatable bonds is 7. The van der Waals surface area contributed by atoms with Gasteiger partial charge in [-0.3, -0.25) is 14.5 Å². The molecule has 1 atom stereocenters. The van der Waals surface area contributed by atoms with Crippen LogP contribution in [0, 0.1) is 6.92 Å². The molecule has 1 aromatic heterocycles. The predicted octanol–water partition coefficient (Wildman–Crippen LogP) is 4.65. The van der Waals surface area contributed by atoms with Crippen molar-refractivity contribution in [2.24, 2.45) is 0 Å². The minimum absolute atomic E-state index is 0.0594. The maximum atomic E-state index is 13.3. The highest BCUT2D eigenvalue weighted by atomic mass is 32.1. The van der Waals surface area contributed by atoms with E-state index in [4.69, 9.17) is 9.47 Å². The summed E-state index contributed by atoms with van der Waals surface area (Å²) in [5.41, 5.74) is 1.31. The number of hydrogen-bond donors (Lipinski definition) is 1. The Kier molecular flexibility index (Phi) is 6.97. The fourth-order valence-corrected chi connectivity index (χ4v) is 4.84. The van der Waals surface area contributed by atoms with Gasteiger partial charge in [-0.15, -0.1) is 0 Å². The average Bonchev–Trinajstić information content (AvgIpc) is 3.39. The van der Waals surface area contributed by atoms with Crippen LogP contribution in [0.4, 0.5) is 5.13 Å². The SMILES string of the molecule is CCCOc1ccc([C@H]2/C(=C(\O)c3ccccc3)C(=O)C(=O)N2c2nc(C)c(C(=O)OC)s2)cc1. The second-order valence-electron chi connectivity index (χ2n) is 7.86. The Hall–Kier alpha value is -3.98. The van der Waals surface area contributed by atoms with Gasteiger partial charge in [-0.25, -0.2) is 9.78 Å². The van der Waals surface area contributed by atoms with Crippen molar-refractivity contribution in [1.82, 2.24) is 4.98 Å². The number of nitrogens with zero attached hydrogens (tertiary/aromatic N) is 2. The van der Waals surface area contributed by atoms with Crippen LogP contribution in [0.3, 0.4) is 0 Å². The van der Waals surface area contributed by atoms with Crippen molar-refractivity contribution in [1.29, 1.82) is 0 Å². The minimum atomic E-state index is -0.952. The van der Waals surface area contributed by atoms with Gasteiger partial charge in [0.25, 0.3) is 5.78 Å². The van der Waals surface area contributed by atoms with Crippen LogP contribution in [0.2, 0.25) is 0 Å². The predicted molar refractivity (Wildman–Crippen MR) is 132 cm³/mol. The number of benzene rings is 2. The number of ketones is 1. The third-order valence-electron chi connectivity index (χ3n) is 5.52. The van der Waals surface area contributed by atoms with Crippen molar-refractivity contribution in [3.63, 3.8) is 0 Å². The van der Waals surface area contributed by atoms with Crippen molar-refractivity contribution < 1.29 is 29.0 Å². The largest absolute Gasteiger partial charge is 0.507 e. The third kappa shape index (κ3) is 4.54. The van der Waals surface area contributed by atoms with E-state index < -0.39 is 23.7 Å². The molecule has 9 heteroatoms. The summed E-state index contributed by atoms with van der Waals surface area (Å²) in [6.45, 7) is 4.19. The van der Waals surface area contributed by atoms with E-state index in [-0.39, 0.29) is 21.3 Å². The number of carbonyl (C=O) groups is 3. The van der Waals surface area contributed by atoms with Gasteiger partial charge in [-0.05, 0) is 31.0 Å². The van der Waals surface area contributed by atoms with Crippen molar-refractivity contribution in [3.8, 4) is 5.75 Å². The van der Waals surface area contributed by atoms with Gasteiger partial charge >= 0.3 is 11.9 Å². The number of aryl methyl sites for hydroxylation is 1. The monoisotopic (exact) mass is 492 g/mol. The molecule has 2 heterocycles. The first-order valence-electron chi connectivity index (χ1n) is 11.0. The van der Waals surface area contributed by atoms with Crippen molar-refractivity contribution >= 4 is 39.9 Å². The number of anilines is 1. The molecule has 0 bridgehead atoms. The number of methoxy groups -OCH3 is 1. The molecule has 180 valence electrons. The summed E-state index contributed by atoms with van der Waals surface area (Å²) >= 11 is 0.956. The zero-order chi connectivity index (χ0) is 25.1. The van der Waals surface area contributed by atoms with Gasteiger partial charge in [0.1, 0.15) is 16.4 Å². The Bertz CT molecular complexity index is 1300. The number of amides is 1. The van der Waals surface area contributed by atoms with E-state index in [9.17, 15) is 19.5 Å². The van der Waals surface area contributed by atoms with Crippen LogP contribution in [0.15, 0.2) is 60.2 Å². The Labute approximate surface area is 206 Å². The van der Waals surface area contributed by atoms with Gasteiger partial charge in [0.2, 0.25) is 0 Å². The van der Waals surface area contributed by atoms with Crippen LogP contribution in [0.25, 0.3) is 5.76 Å². The first-order chi connectivity index (χ1) is 16.9. The first kappa shape index (κ1) is 24.2. The van der Waals surface area contributed by atoms with E-state index >= 15 is 0 Å². The van der Waals surface area contributed by atoms with E-state index in [1.54, 1.807) is 61.5 Å². The molecule has 0 saturated carbocycles. The molecule has 1 aliphatic rings. The quantitative estimate of drug-likeness (QED) is 0.221. The molecule has 1 aliphatic heterocycles. The average molecular weight is 493 g/mol. The summed E-state index contributed by atoms with van der Waals surface area (Å²) in [5.74, 6) is -1.90. The van der Waals surface area contributed by atoms with Crippen LogP contribution in [-0.2, 0) is 14.3 Å². The fourth-order valence-electron chi connectivity index (χ4n) is 3.83. The summed E-state index contributed by atoms with van der Waals surface area (Å²) < 4.78 is 10.5. The molecule has 35 heavy (non-hydrogen) atoms. The van der Waals surface area contributed by atoms with Crippen LogP contribution in [-0.4, -0.2) is 41.5 Å². The lowest BCUT2D eigenvalue weighted by molar-refractivity contribution is -0.132. The molecular formula is C26H24N2O6S. The normalized spacial score (nSPS) is 17.0. The molecule has 8 nitrogen and oxygen atoms in total. The van der Waals surface area contributed by atoms with E-state index in [1.165, 1.54) is 12.0 Å². The number of ether oxygens (including phenoxy) is 2. The Morgan fingerprint density at radius 2 is 1.80 bits per heavy atom. The zero-order valence-corrected chi connectivity index (χ0v) is 20.3.